The van der Waals surface area contributed by atoms with Gasteiger partial charge in [0.2, 0.25) is 0 Å². The van der Waals surface area contributed by atoms with Crippen molar-refractivity contribution in [1.29, 1.82) is 5.26 Å². The number of hydrogen-bond acceptors (Lipinski definition) is 5. The highest BCUT2D eigenvalue weighted by atomic mass is 127. The Morgan fingerprint density at radius 3 is 2.55 bits per heavy atom. The second kappa shape index (κ2) is 10.1. The number of nitrogens with one attached hydrogen (secondary N) is 1. The third-order valence-electron chi connectivity index (χ3n) is 4.26. The highest BCUT2D eigenvalue weighted by Crippen LogP contribution is 2.35. The zero-order valence-electron chi connectivity index (χ0n) is 16.9. The van der Waals surface area contributed by atoms with Gasteiger partial charge in [-0.2, -0.15) is 5.26 Å². The summed E-state index contributed by atoms with van der Waals surface area (Å²) in [5.41, 5.74) is 1.11. The molecular formula is C24H19IN2O4. The van der Waals surface area contributed by atoms with Crippen molar-refractivity contribution in [3.63, 3.8) is 0 Å². The van der Waals surface area contributed by atoms with Crippen molar-refractivity contribution in [2.45, 2.75) is 13.8 Å². The maximum absolute atomic E-state index is 12.7. The van der Waals surface area contributed by atoms with Crippen LogP contribution in [-0.2, 0) is 9.59 Å². The molecule has 0 unspecified atom stereocenters. The van der Waals surface area contributed by atoms with Crippen LogP contribution in [0.25, 0.3) is 16.8 Å². The number of carbonyl (C=O) groups is 2. The summed E-state index contributed by atoms with van der Waals surface area (Å²) in [6, 6.07) is 18.6. The molecule has 0 bridgehead atoms. The molecule has 0 heterocycles. The molecule has 0 aliphatic rings. The van der Waals surface area contributed by atoms with E-state index in [2.05, 4.69) is 5.32 Å². The van der Waals surface area contributed by atoms with Gasteiger partial charge < -0.3 is 14.8 Å². The minimum atomic E-state index is -0.519. The predicted octanol–water partition coefficient (Wildman–Crippen LogP) is 5.31. The Bertz CT molecular complexity index is 1230. The predicted molar refractivity (Wildman–Crippen MR) is 128 cm³/mol. The molecule has 0 fully saturated rings. The lowest BCUT2D eigenvalue weighted by Crippen LogP contribution is -2.13. The summed E-state index contributed by atoms with van der Waals surface area (Å²) >= 11 is 2.02. The Kier molecular flexibility index (Phi) is 7.26. The average molecular weight is 526 g/mol. The van der Waals surface area contributed by atoms with E-state index in [1.54, 1.807) is 18.2 Å². The number of hydrogen-bond donors (Lipinski definition) is 1. The molecule has 6 nitrogen and oxygen atoms in total. The van der Waals surface area contributed by atoms with Gasteiger partial charge in [0.25, 0.3) is 5.91 Å². The Labute approximate surface area is 193 Å². The molecule has 31 heavy (non-hydrogen) atoms. The number of benzene rings is 3. The molecule has 3 aromatic rings. The molecule has 0 spiro atoms. The van der Waals surface area contributed by atoms with Crippen LogP contribution in [0, 0.1) is 14.9 Å². The van der Waals surface area contributed by atoms with Crippen LogP contribution in [0.3, 0.4) is 0 Å². The first-order chi connectivity index (χ1) is 14.9. The topological polar surface area (TPSA) is 88.4 Å². The van der Waals surface area contributed by atoms with E-state index >= 15 is 0 Å². The summed E-state index contributed by atoms with van der Waals surface area (Å²) in [6.45, 7) is 3.49. The number of nitrogens with zero attached hydrogens (tertiary/aromatic N) is 1. The van der Waals surface area contributed by atoms with Gasteiger partial charge in [-0.25, -0.2) is 0 Å². The van der Waals surface area contributed by atoms with Gasteiger partial charge >= 0.3 is 5.97 Å². The van der Waals surface area contributed by atoms with E-state index < -0.39 is 11.9 Å². The van der Waals surface area contributed by atoms with E-state index in [1.165, 1.54) is 13.0 Å². The van der Waals surface area contributed by atoms with Gasteiger partial charge in [0, 0.05) is 12.6 Å². The van der Waals surface area contributed by atoms with Crippen LogP contribution in [0.5, 0.6) is 11.5 Å². The van der Waals surface area contributed by atoms with E-state index in [1.807, 2.05) is 72.0 Å². The summed E-state index contributed by atoms with van der Waals surface area (Å²) < 4.78 is 11.4. The molecule has 7 heteroatoms. The summed E-state index contributed by atoms with van der Waals surface area (Å²) in [5, 5.41) is 14.4. The number of amides is 1. The quantitative estimate of drug-likeness (QED) is 0.155. The van der Waals surface area contributed by atoms with Crippen LogP contribution < -0.4 is 14.8 Å². The number of fused-ring (bicyclic) bond motifs is 1. The first kappa shape index (κ1) is 22.3. The first-order valence-corrected chi connectivity index (χ1v) is 10.6. The van der Waals surface area contributed by atoms with E-state index in [4.69, 9.17) is 9.47 Å². The third-order valence-corrected chi connectivity index (χ3v) is 5.06. The second-order valence-electron chi connectivity index (χ2n) is 6.54. The molecule has 156 valence electrons. The van der Waals surface area contributed by atoms with Gasteiger partial charge in [0.15, 0.2) is 11.5 Å². The second-order valence-corrected chi connectivity index (χ2v) is 7.70. The number of ether oxygens (including phenoxy) is 2. The molecule has 0 atom stereocenters. The SMILES string of the molecule is CCOc1cc(/C=C(\C#N)C(=O)Nc2ccc3ccccc3c2)cc(I)c1OC(C)=O. The van der Waals surface area contributed by atoms with Gasteiger partial charge in [-0.05, 0) is 76.2 Å². The smallest absolute Gasteiger partial charge is 0.308 e. The number of carbonyl (C=O) groups excluding carboxylic acids is 2. The highest BCUT2D eigenvalue weighted by molar-refractivity contribution is 14.1. The maximum atomic E-state index is 12.7. The number of halogens is 1. The lowest BCUT2D eigenvalue weighted by Gasteiger charge is -2.13. The fraction of sp³-hybridized carbons (Fsp3) is 0.125. The molecule has 1 amide bonds. The Balaban J connectivity index is 1.89. The molecule has 0 aliphatic heterocycles. The van der Waals surface area contributed by atoms with Crippen LogP contribution in [0.15, 0.2) is 60.2 Å². The van der Waals surface area contributed by atoms with Crippen LogP contribution in [-0.4, -0.2) is 18.5 Å². The van der Waals surface area contributed by atoms with Gasteiger partial charge in [-0.1, -0.05) is 30.3 Å². The maximum Gasteiger partial charge on any atom is 0.308 e. The molecule has 3 aromatic carbocycles. The minimum Gasteiger partial charge on any atom is -0.490 e. The fourth-order valence-electron chi connectivity index (χ4n) is 2.96. The molecule has 0 aromatic heterocycles. The van der Waals surface area contributed by atoms with Gasteiger partial charge in [0.05, 0.1) is 10.2 Å². The Morgan fingerprint density at radius 1 is 1.13 bits per heavy atom. The third kappa shape index (κ3) is 5.61. The molecule has 0 aliphatic carbocycles. The summed E-state index contributed by atoms with van der Waals surface area (Å²) in [6.07, 6.45) is 1.47. The van der Waals surface area contributed by atoms with Crippen molar-refractivity contribution >= 4 is 57.0 Å². The van der Waals surface area contributed by atoms with Crippen LogP contribution in [0.2, 0.25) is 0 Å². The first-order valence-electron chi connectivity index (χ1n) is 9.48. The summed E-state index contributed by atoms with van der Waals surface area (Å²) in [7, 11) is 0. The average Bonchev–Trinajstić information content (AvgIpc) is 2.74. The number of esters is 1. The van der Waals surface area contributed by atoms with Crippen molar-refractivity contribution < 1.29 is 19.1 Å². The van der Waals surface area contributed by atoms with E-state index in [0.717, 1.165) is 10.8 Å². The van der Waals surface area contributed by atoms with E-state index in [9.17, 15) is 14.9 Å². The monoisotopic (exact) mass is 526 g/mol. The molecule has 3 rings (SSSR count). The highest BCUT2D eigenvalue weighted by Gasteiger charge is 2.16. The zero-order chi connectivity index (χ0) is 22.4. The van der Waals surface area contributed by atoms with Crippen molar-refractivity contribution in [2.24, 2.45) is 0 Å². The Morgan fingerprint density at radius 2 is 1.87 bits per heavy atom. The normalized spacial score (nSPS) is 11.0. The minimum absolute atomic E-state index is 0.0633. The number of anilines is 1. The van der Waals surface area contributed by atoms with Gasteiger partial charge in [-0.15, -0.1) is 0 Å². The molecule has 0 saturated carbocycles. The van der Waals surface area contributed by atoms with Gasteiger partial charge in [-0.3, -0.25) is 9.59 Å². The fourth-order valence-corrected chi connectivity index (χ4v) is 3.69. The van der Waals surface area contributed by atoms with Crippen molar-refractivity contribution in [3.05, 3.63) is 69.3 Å². The van der Waals surface area contributed by atoms with Crippen molar-refractivity contribution in [3.8, 4) is 17.6 Å². The number of nitriles is 1. The van der Waals surface area contributed by atoms with Crippen molar-refractivity contribution in [2.75, 3.05) is 11.9 Å². The van der Waals surface area contributed by atoms with Crippen molar-refractivity contribution in [1.82, 2.24) is 0 Å². The van der Waals surface area contributed by atoms with Crippen LogP contribution >= 0.6 is 22.6 Å². The van der Waals surface area contributed by atoms with Gasteiger partial charge in [0.1, 0.15) is 11.6 Å². The Hall–Kier alpha value is -3.38. The molecule has 0 radical (unpaired) electrons. The van der Waals surface area contributed by atoms with E-state index in [0.29, 0.717) is 32.9 Å². The lowest BCUT2D eigenvalue weighted by molar-refractivity contribution is -0.132. The lowest BCUT2D eigenvalue weighted by atomic mass is 10.1. The number of rotatable bonds is 6. The summed E-state index contributed by atoms with van der Waals surface area (Å²) in [5.74, 6) is -0.307. The zero-order valence-corrected chi connectivity index (χ0v) is 19.1. The van der Waals surface area contributed by atoms with Crippen LogP contribution in [0.1, 0.15) is 19.4 Å². The molecule has 1 N–H and O–H groups in total. The van der Waals surface area contributed by atoms with E-state index in [-0.39, 0.29) is 5.57 Å². The molecule has 0 saturated heterocycles. The van der Waals surface area contributed by atoms with Crippen LogP contribution in [0.4, 0.5) is 5.69 Å². The summed E-state index contributed by atoms with van der Waals surface area (Å²) in [4.78, 5) is 24.1. The molecular weight excluding hydrogens is 507 g/mol. The largest absolute Gasteiger partial charge is 0.490 e. The standard InChI is InChI=1S/C24H19IN2O4/c1-3-30-22-12-16(11-21(25)23(22)31-15(2)28)10-19(14-26)24(29)27-20-9-8-17-6-4-5-7-18(17)13-20/h4-13H,3H2,1-2H3,(H,27,29)/b19-10+.